The Bertz CT molecular complexity index is 445. The van der Waals surface area contributed by atoms with E-state index in [1.165, 1.54) is 64.6 Å². The summed E-state index contributed by atoms with van der Waals surface area (Å²) in [5.74, 6) is 0.976. The van der Waals surface area contributed by atoms with Crippen LogP contribution in [0.15, 0.2) is 18.7 Å². The average molecular weight is 288 g/mol. The molecule has 3 fully saturated rings. The van der Waals surface area contributed by atoms with Crippen molar-refractivity contribution in [2.75, 3.05) is 19.6 Å². The average Bonchev–Trinajstić information content (AvgIpc) is 3.01. The lowest BCUT2D eigenvalue weighted by atomic mass is 9.91. The van der Waals surface area contributed by atoms with Crippen molar-refractivity contribution in [3.05, 3.63) is 18.7 Å². The fraction of sp³-hybridized carbons (Fsp3) is 0.824. The topological polar surface area (TPSA) is 33.1 Å². The van der Waals surface area contributed by atoms with Crippen molar-refractivity contribution in [1.29, 1.82) is 0 Å². The molecule has 1 atom stereocenters. The molecule has 1 saturated heterocycles. The molecular weight excluding hydrogens is 260 g/mol. The molecule has 1 N–H and O–H groups in total. The zero-order chi connectivity index (χ0) is 14.1. The molecule has 1 aliphatic heterocycles. The molecule has 1 aromatic rings. The zero-order valence-electron chi connectivity index (χ0n) is 13.0. The van der Waals surface area contributed by atoms with Crippen molar-refractivity contribution >= 4 is 0 Å². The van der Waals surface area contributed by atoms with Crippen molar-refractivity contribution < 1.29 is 0 Å². The smallest absolute Gasteiger partial charge is 0.0945 e. The lowest BCUT2D eigenvalue weighted by molar-refractivity contribution is 0.0672. The Labute approximate surface area is 127 Å². The molecule has 2 saturated carbocycles. The highest BCUT2D eigenvalue weighted by atomic mass is 15.3. The van der Waals surface area contributed by atoms with Gasteiger partial charge < -0.3 is 9.88 Å². The van der Waals surface area contributed by atoms with Gasteiger partial charge in [0.05, 0.1) is 6.33 Å². The van der Waals surface area contributed by atoms with Crippen LogP contribution in [0, 0.1) is 5.92 Å². The number of aryl methyl sites for hydroxylation is 1. The SMILES string of the molecule is c1cn(CCCN2CC3(CCCC3)NCC2C2CC2)cn1. The van der Waals surface area contributed by atoms with Crippen LogP contribution in [0.1, 0.15) is 44.9 Å². The molecule has 0 bridgehead atoms. The summed E-state index contributed by atoms with van der Waals surface area (Å²) in [6.45, 7) is 4.88. The van der Waals surface area contributed by atoms with Crippen LogP contribution in [-0.4, -0.2) is 45.7 Å². The maximum atomic E-state index is 4.14. The highest BCUT2D eigenvalue weighted by Gasteiger charge is 2.45. The van der Waals surface area contributed by atoms with E-state index in [4.69, 9.17) is 0 Å². The predicted octanol–water partition coefficient (Wildman–Crippen LogP) is 2.27. The van der Waals surface area contributed by atoms with Gasteiger partial charge in [-0.05, 0) is 38.0 Å². The third-order valence-corrected chi connectivity index (χ3v) is 5.81. The van der Waals surface area contributed by atoms with Gasteiger partial charge in [-0.25, -0.2) is 4.98 Å². The van der Waals surface area contributed by atoms with Crippen LogP contribution in [0.2, 0.25) is 0 Å². The van der Waals surface area contributed by atoms with E-state index in [0.29, 0.717) is 5.54 Å². The highest BCUT2D eigenvalue weighted by Crippen LogP contribution is 2.40. The fourth-order valence-electron chi connectivity index (χ4n) is 4.46. The Morgan fingerprint density at radius 3 is 2.76 bits per heavy atom. The third-order valence-electron chi connectivity index (χ3n) is 5.81. The first-order chi connectivity index (χ1) is 10.3. The van der Waals surface area contributed by atoms with E-state index in [1.54, 1.807) is 0 Å². The van der Waals surface area contributed by atoms with Crippen molar-refractivity contribution in [2.24, 2.45) is 5.92 Å². The molecule has 2 heterocycles. The van der Waals surface area contributed by atoms with Gasteiger partial charge in [0, 0.05) is 50.2 Å². The van der Waals surface area contributed by atoms with Gasteiger partial charge >= 0.3 is 0 Å². The standard InChI is InChI=1S/C17H28N4/c1-2-7-17(6-1)13-21(16(12-19-17)15-4-5-15)10-3-9-20-11-8-18-14-20/h8,11,14-16,19H,1-7,9-10,12-13H2. The molecule has 4 heteroatoms. The number of nitrogens with zero attached hydrogens (tertiary/aromatic N) is 3. The minimum absolute atomic E-state index is 0.459. The lowest BCUT2D eigenvalue weighted by Gasteiger charge is -2.47. The van der Waals surface area contributed by atoms with Gasteiger partial charge in [0.1, 0.15) is 0 Å². The van der Waals surface area contributed by atoms with Gasteiger partial charge in [-0.3, -0.25) is 4.90 Å². The lowest BCUT2D eigenvalue weighted by Crippen LogP contribution is -2.63. The van der Waals surface area contributed by atoms with Crippen LogP contribution in [0.3, 0.4) is 0 Å². The molecule has 116 valence electrons. The molecule has 3 aliphatic rings. The van der Waals surface area contributed by atoms with Gasteiger partial charge in [0.2, 0.25) is 0 Å². The Morgan fingerprint density at radius 1 is 1.19 bits per heavy atom. The summed E-state index contributed by atoms with van der Waals surface area (Å²) >= 11 is 0. The Kier molecular flexibility index (Phi) is 3.76. The second-order valence-corrected chi connectivity index (χ2v) is 7.40. The number of rotatable bonds is 5. The van der Waals surface area contributed by atoms with Gasteiger partial charge in [-0.15, -0.1) is 0 Å². The second kappa shape index (κ2) is 5.73. The number of hydrogen-bond acceptors (Lipinski definition) is 3. The van der Waals surface area contributed by atoms with E-state index < -0.39 is 0 Å². The van der Waals surface area contributed by atoms with E-state index >= 15 is 0 Å². The number of aromatic nitrogens is 2. The van der Waals surface area contributed by atoms with E-state index in [-0.39, 0.29) is 0 Å². The molecular formula is C17H28N4. The molecule has 21 heavy (non-hydrogen) atoms. The van der Waals surface area contributed by atoms with Crippen LogP contribution in [0.5, 0.6) is 0 Å². The van der Waals surface area contributed by atoms with Crippen molar-refractivity contribution in [2.45, 2.75) is 63.1 Å². The molecule has 4 nitrogen and oxygen atoms in total. The Balaban J connectivity index is 1.36. The van der Waals surface area contributed by atoms with Crippen molar-refractivity contribution in [1.82, 2.24) is 19.8 Å². The van der Waals surface area contributed by atoms with Gasteiger partial charge in [0.25, 0.3) is 0 Å². The summed E-state index contributed by atoms with van der Waals surface area (Å²) in [6.07, 6.45) is 15.7. The summed E-state index contributed by atoms with van der Waals surface area (Å²) in [5, 5.41) is 3.94. The molecule has 0 amide bonds. The molecule has 1 unspecified atom stereocenters. The second-order valence-electron chi connectivity index (χ2n) is 7.40. The van der Waals surface area contributed by atoms with Crippen LogP contribution in [0.25, 0.3) is 0 Å². The number of nitrogens with one attached hydrogen (secondary N) is 1. The molecule has 0 aromatic carbocycles. The summed E-state index contributed by atoms with van der Waals surface area (Å²) in [5.41, 5.74) is 0.459. The van der Waals surface area contributed by atoms with E-state index in [9.17, 15) is 0 Å². The normalized spacial score (nSPS) is 29.2. The molecule has 1 aromatic heterocycles. The summed E-state index contributed by atoms with van der Waals surface area (Å²) in [4.78, 5) is 6.97. The van der Waals surface area contributed by atoms with Crippen LogP contribution in [-0.2, 0) is 6.54 Å². The largest absolute Gasteiger partial charge is 0.337 e. The first kappa shape index (κ1) is 13.8. The van der Waals surface area contributed by atoms with Crippen molar-refractivity contribution in [3.63, 3.8) is 0 Å². The number of piperazine rings is 1. The van der Waals surface area contributed by atoms with Gasteiger partial charge in [0.15, 0.2) is 0 Å². The monoisotopic (exact) mass is 288 g/mol. The summed E-state index contributed by atoms with van der Waals surface area (Å²) in [6, 6.07) is 0.805. The highest BCUT2D eigenvalue weighted by molar-refractivity contribution is 5.04. The van der Waals surface area contributed by atoms with E-state index in [1.807, 2.05) is 12.5 Å². The van der Waals surface area contributed by atoms with E-state index in [0.717, 1.165) is 18.5 Å². The maximum Gasteiger partial charge on any atom is 0.0945 e. The molecule has 0 radical (unpaired) electrons. The fourth-order valence-corrected chi connectivity index (χ4v) is 4.46. The van der Waals surface area contributed by atoms with Gasteiger partial charge in [-0.1, -0.05) is 12.8 Å². The first-order valence-electron chi connectivity index (χ1n) is 8.80. The predicted molar refractivity (Wildman–Crippen MR) is 84.1 cm³/mol. The Hall–Kier alpha value is -0.870. The van der Waals surface area contributed by atoms with Gasteiger partial charge in [-0.2, -0.15) is 0 Å². The molecule has 4 rings (SSSR count). The molecule has 2 aliphatic carbocycles. The first-order valence-corrected chi connectivity index (χ1v) is 8.80. The van der Waals surface area contributed by atoms with Crippen LogP contribution < -0.4 is 5.32 Å². The van der Waals surface area contributed by atoms with Crippen LogP contribution >= 0.6 is 0 Å². The third kappa shape index (κ3) is 3.02. The Morgan fingerprint density at radius 2 is 2.05 bits per heavy atom. The minimum atomic E-state index is 0.459. The van der Waals surface area contributed by atoms with Crippen LogP contribution in [0.4, 0.5) is 0 Å². The van der Waals surface area contributed by atoms with E-state index in [2.05, 4.69) is 26.0 Å². The van der Waals surface area contributed by atoms with Crippen molar-refractivity contribution in [3.8, 4) is 0 Å². The molecule has 1 spiro atoms. The number of imidazole rings is 1. The minimum Gasteiger partial charge on any atom is -0.337 e. The quantitative estimate of drug-likeness (QED) is 0.902. The number of hydrogen-bond donors (Lipinski definition) is 1. The zero-order valence-corrected chi connectivity index (χ0v) is 13.0. The summed E-state index contributed by atoms with van der Waals surface area (Å²) < 4.78 is 2.21. The maximum absolute atomic E-state index is 4.14. The summed E-state index contributed by atoms with van der Waals surface area (Å²) in [7, 11) is 0.